The number of allylic oxidation sites excluding steroid dienone is 2. The number of benzene rings is 1. The summed E-state index contributed by atoms with van der Waals surface area (Å²) in [6.45, 7) is 4.30. The Kier molecular flexibility index (Phi) is 14.8. The predicted octanol–water partition coefficient (Wildman–Crippen LogP) is 7.00. The summed E-state index contributed by atoms with van der Waals surface area (Å²) >= 11 is 0. The van der Waals surface area contributed by atoms with Gasteiger partial charge in [0.15, 0.2) is 0 Å². The van der Waals surface area contributed by atoms with Gasteiger partial charge in [-0.05, 0) is 56.0 Å². The van der Waals surface area contributed by atoms with Crippen LogP contribution in [0, 0.1) is 0 Å². The third kappa shape index (κ3) is 12.1. The van der Waals surface area contributed by atoms with Crippen LogP contribution in [0.2, 0.25) is 0 Å². The summed E-state index contributed by atoms with van der Waals surface area (Å²) in [5, 5.41) is 0. The molecular formula is C26H38O7S. The van der Waals surface area contributed by atoms with Crippen LogP contribution in [0.25, 0.3) is 0 Å². The van der Waals surface area contributed by atoms with Crippen molar-refractivity contribution in [2.24, 2.45) is 0 Å². The first-order chi connectivity index (χ1) is 16.3. The Morgan fingerprint density at radius 1 is 0.765 bits per heavy atom. The van der Waals surface area contributed by atoms with Crippen LogP contribution in [0.15, 0.2) is 47.8 Å². The molecule has 1 N–H and O–H groups in total. The topological polar surface area (TPSA) is 107 Å². The fourth-order valence-electron chi connectivity index (χ4n) is 3.25. The monoisotopic (exact) mass is 494 g/mol. The Morgan fingerprint density at radius 2 is 1.24 bits per heavy atom. The molecule has 1 aromatic carbocycles. The molecule has 0 aromatic heterocycles. The van der Waals surface area contributed by atoms with E-state index in [1.54, 1.807) is 12.2 Å². The molecule has 0 bridgehead atoms. The molecule has 0 aliphatic heterocycles. The highest BCUT2D eigenvalue weighted by molar-refractivity contribution is 7.85. The molecule has 8 heteroatoms. The van der Waals surface area contributed by atoms with Crippen molar-refractivity contribution in [2.75, 3.05) is 0 Å². The Hall–Kier alpha value is -2.45. The SMILES string of the molecule is CCCCCCC/C=C/OC(=O)c1ccc(S(=O)(=O)O)cc1C(=O)O/C=C/CCCCCCC. The van der Waals surface area contributed by atoms with Gasteiger partial charge in [-0.15, -0.1) is 0 Å². The average molecular weight is 495 g/mol. The largest absolute Gasteiger partial charge is 0.431 e. The lowest BCUT2D eigenvalue weighted by atomic mass is 10.1. The predicted molar refractivity (Wildman–Crippen MR) is 132 cm³/mol. The van der Waals surface area contributed by atoms with E-state index in [2.05, 4.69) is 13.8 Å². The van der Waals surface area contributed by atoms with E-state index >= 15 is 0 Å². The minimum absolute atomic E-state index is 0.155. The summed E-state index contributed by atoms with van der Waals surface area (Å²) in [5.41, 5.74) is -0.460. The fraction of sp³-hybridized carbons (Fsp3) is 0.538. The van der Waals surface area contributed by atoms with Crippen LogP contribution in [0.4, 0.5) is 0 Å². The Bertz CT molecular complexity index is 917. The zero-order chi connectivity index (χ0) is 25.2. The van der Waals surface area contributed by atoms with Gasteiger partial charge in [-0.2, -0.15) is 8.42 Å². The second kappa shape index (κ2) is 17.1. The maximum atomic E-state index is 12.5. The van der Waals surface area contributed by atoms with E-state index < -0.39 is 27.0 Å². The van der Waals surface area contributed by atoms with Crippen LogP contribution in [0.3, 0.4) is 0 Å². The molecule has 1 aromatic rings. The first kappa shape index (κ1) is 29.6. The second-order valence-electron chi connectivity index (χ2n) is 8.14. The highest BCUT2D eigenvalue weighted by atomic mass is 32.2. The number of ether oxygens (including phenoxy) is 2. The zero-order valence-electron chi connectivity index (χ0n) is 20.3. The van der Waals surface area contributed by atoms with Gasteiger partial charge in [-0.25, -0.2) is 9.59 Å². The van der Waals surface area contributed by atoms with Crippen molar-refractivity contribution in [1.82, 2.24) is 0 Å². The van der Waals surface area contributed by atoms with Gasteiger partial charge in [0.25, 0.3) is 10.1 Å². The van der Waals surface area contributed by atoms with Gasteiger partial charge in [0.05, 0.1) is 28.5 Å². The third-order valence-corrected chi connectivity index (χ3v) is 6.07. The summed E-state index contributed by atoms with van der Waals surface area (Å²) in [6.07, 6.45) is 18.6. The van der Waals surface area contributed by atoms with Gasteiger partial charge in [0.2, 0.25) is 0 Å². The Balaban J connectivity index is 2.77. The number of hydrogen-bond acceptors (Lipinski definition) is 6. The minimum Gasteiger partial charge on any atom is -0.431 e. The Labute approximate surface area is 204 Å². The van der Waals surface area contributed by atoms with Crippen molar-refractivity contribution in [3.63, 3.8) is 0 Å². The maximum Gasteiger partial charge on any atom is 0.343 e. The number of rotatable bonds is 17. The van der Waals surface area contributed by atoms with Gasteiger partial charge < -0.3 is 9.47 Å². The smallest absolute Gasteiger partial charge is 0.343 e. The van der Waals surface area contributed by atoms with E-state index in [0.29, 0.717) is 0 Å². The van der Waals surface area contributed by atoms with E-state index in [1.165, 1.54) is 38.2 Å². The standard InChI is InChI=1S/C26H38O7S/c1-3-5-7-9-11-13-15-19-32-25(27)23-18-17-22(34(29,30)31)21-24(23)26(28)33-20-16-14-12-10-8-6-4-2/h15-21H,3-14H2,1-2H3,(H,29,30,31)/b19-15+,20-16+. The molecule has 0 saturated heterocycles. The van der Waals surface area contributed by atoms with Crippen LogP contribution in [0.1, 0.15) is 112 Å². The van der Waals surface area contributed by atoms with Crippen molar-refractivity contribution < 1.29 is 32.0 Å². The van der Waals surface area contributed by atoms with Crippen molar-refractivity contribution in [3.8, 4) is 0 Å². The van der Waals surface area contributed by atoms with Crippen LogP contribution >= 0.6 is 0 Å². The van der Waals surface area contributed by atoms with E-state index in [-0.39, 0.29) is 11.1 Å². The fourth-order valence-corrected chi connectivity index (χ4v) is 3.75. The number of unbranched alkanes of at least 4 members (excludes halogenated alkanes) is 10. The van der Waals surface area contributed by atoms with Crippen LogP contribution in [-0.4, -0.2) is 24.9 Å². The first-order valence-corrected chi connectivity index (χ1v) is 13.6. The Morgan fingerprint density at radius 3 is 1.71 bits per heavy atom. The molecular weight excluding hydrogens is 456 g/mol. The van der Waals surface area contributed by atoms with Gasteiger partial charge in [-0.3, -0.25) is 4.55 Å². The number of carbonyl (C=O) groups is 2. The summed E-state index contributed by atoms with van der Waals surface area (Å²) in [5.74, 6) is -1.74. The van der Waals surface area contributed by atoms with Crippen LogP contribution in [0.5, 0.6) is 0 Å². The van der Waals surface area contributed by atoms with Crippen molar-refractivity contribution in [1.29, 1.82) is 0 Å². The lowest BCUT2D eigenvalue weighted by molar-refractivity contribution is 0.0617. The van der Waals surface area contributed by atoms with Crippen molar-refractivity contribution in [2.45, 2.75) is 95.8 Å². The van der Waals surface area contributed by atoms with Crippen molar-refractivity contribution in [3.05, 3.63) is 54.0 Å². The molecule has 0 fully saturated rings. The van der Waals surface area contributed by atoms with E-state index in [1.807, 2.05) is 0 Å². The number of hydrogen-bond donors (Lipinski definition) is 1. The molecule has 0 unspecified atom stereocenters. The molecule has 0 saturated carbocycles. The minimum atomic E-state index is -4.57. The molecule has 34 heavy (non-hydrogen) atoms. The molecule has 0 amide bonds. The molecule has 190 valence electrons. The molecule has 0 radical (unpaired) electrons. The highest BCUT2D eigenvalue weighted by Crippen LogP contribution is 2.19. The molecule has 0 atom stereocenters. The summed E-state index contributed by atoms with van der Waals surface area (Å²) in [4.78, 5) is 24.5. The maximum absolute atomic E-state index is 12.5. The van der Waals surface area contributed by atoms with Gasteiger partial charge in [0, 0.05) is 0 Å². The molecule has 0 aliphatic carbocycles. The highest BCUT2D eigenvalue weighted by Gasteiger charge is 2.22. The lowest BCUT2D eigenvalue weighted by Gasteiger charge is -2.08. The number of esters is 2. The van der Waals surface area contributed by atoms with Crippen molar-refractivity contribution >= 4 is 22.1 Å². The zero-order valence-corrected chi connectivity index (χ0v) is 21.1. The van der Waals surface area contributed by atoms with E-state index in [0.717, 1.165) is 69.6 Å². The van der Waals surface area contributed by atoms with Crippen LogP contribution < -0.4 is 0 Å². The molecule has 1 rings (SSSR count). The van der Waals surface area contributed by atoms with E-state index in [4.69, 9.17) is 9.47 Å². The number of carbonyl (C=O) groups excluding carboxylic acids is 2. The molecule has 0 aliphatic rings. The molecule has 0 heterocycles. The summed E-state index contributed by atoms with van der Waals surface area (Å²) in [6, 6.07) is 3.06. The molecule has 7 nitrogen and oxygen atoms in total. The van der Waals surface area contributed by atoms with Gasteiger partial charge >= 0.3 is 11.9 Å². The average Bonchev–Trinajstić information content (AvgIpc) is 2.81. The molecule has 0 spiro atoms. The van der Waals surface area contributed by atoms with Gasteiger partial charge in [0.1, 0.15) is 0 Å². The summed E-state index contributed by atoms with van der Waals surface area (Å²) in [7, 11) is -4.57. The third-order valence-electron chi connectivity index (χ3n) is 5.22. The van der Waals surface area contributed by atoms with Crippen LogP contribution in [-0.2, 0) is 19.6 Å². The lowest BCUT2D eigenvalue weighted by Crippen LogP contribution is -2.13. The second-order valence-corrected chi connectivity index (χ2v) is 9.56. The normalized spacial score (nSPS) is 11.9. The van der Waals surface area contributed by atoms with E-state index in [9.17, 15) is 22.6 Å². The summed E-state index contributed by atoms with van der Waals surface area (Å²) < 4.78 is 42.5. The first-order valence-electron chi connectivity index (χ1n) is 12.1. The quantitative estimate of drug-likeness (QED) is 0.108. The van der Waals surface area contributed by atoms with Gasteiger partial charge in [-0.1, -0.05) is 65.2 Å².